The van der Waals surface area contributed by atoms with E-state index in [1.807, 2.05) is 24.5 Å². The van der Waals surface area contributed by atoms with E-state index < -0.39 is 6.04 Å². The summed E-state index contributed by atoms with van der Waals surface area (Å²) < 4.78 is 0. The second-order valence-electron chi connectivity index (χ2n) is 6.70. The summed E-state index contributed by atoms with van der Waals surface area (Å²) in [7, 11) is 0. The van der Waals surface area contributed by atoms with Gasteiger partial charge in [0.05, 0.1) is 11.8 Å². The fourth-order valence-electron chi connectivity index (χ4n) is 3.85. The van der Waals surface area contributed by atoms with E-state index in [1.54, 1.807) is 23.9 Å². The fourth-order valence-corrected chi connectivity index (χ4v) is 4.31. The van der Waals surface area contributed by atoms with Gasteiger partial charge in [-0.25, -0.2) is 0 Å². The van der Waals surface area contributed by atoms with Gasteiger partial charge in [-0.1, -0.05) is 31.0 Å². The van der Waals surface area contributed by atoms with Gasteiger partial charge in [0, 0.05) is 5.69 Å². The molecule has 0 aromatic heterocycles. The lowest BCUT2D eigenvalue weighted by molar-refractivity contribution is -0.146. The van der Waals surface area contributed by atoms with Crippen LogP contribution in [0.3, 0.4) is 0 Å². The first-order chi connectivity index (χ1) is 12.1. The molecule has 3 atom stereocenters. The largest absolute Gasteiger partial charge is 0.324 e. The van der Waals surface area contributed by atoms with Gasteiger partial charge in [0.1, 0.15) is 6.04 Å². The molecule has 1 aromatic rings. The average Bonchev–Trinajstić information content (AvgIpc) is 2.88. The van der Waals surface area contributed by atoms with Crippen LogP contribution in [0.25, 0.3) is 0 Å². The number of benzene rings is 1. The van der Waals surface area contributed by atoms with E-state index in [0.29, 0.717) is 12.1 Å². The van der Waals surface area contributed by atoms with E-state index in [2.05, 4.69) is 5.32 Å². The van der Waals surface area contributed by atoms with Gasteiger partial charge in [-0.05, 0) is 43.4 Å². The van der Waals surface area contributed by atoms with E-state index in [9.17, 15) is 14.4 Å². The van der Waals surface area contributed by atoms with Crippen LogP contribution in [0.5, 0.6) is 0 Å². The second kappa shape index (κ2) is 8.04. The first kappa shape index (κ1) is 18.0. The van der Waals surface area contributed by atoms with Gasteiger partial charge in [-0.2, -0.15) is 11.8 Å². The molecule has 6 heteroatoms. The zero-order chi connectivity index (χ0) is 17.8. The lowest BCUT2D eigenvalue weighted by atomic mass is 9.81. The molecule has 1 heterocycles. The molecule has 134 valence electrons. The lowest BCUT2D eigenvalue weighted by Crippen LogP contribution is -2.48. The summed E-state index contributed by atoms with van der Waals surface area (Å²) in [6.07, 6.45) is 5.94. The highest BCUT2D eigenvalue weighted by Gasteiger charge is 2.51. The second-order valence-corrected chi connectivity index (χ2v) is 7.68. The van der Waals surface area contributed by atoms with Crippen LogP contribution in [-0.4, -0.2) is 40.7 Å². The Morgan fingerprint density at radius 1 is 1.16 bits per heavy atom. The number of anilines is 1. The number of hydrogen-bond acceptors (Lipinski definition) is 4. The molecule has 25 heavy (non-hydrogen) atoms. The van der Waals surface area contributed by atoms with Crippen molar-refractivity contribution in [2.24, 2.45) is 11.8 Å². The number of hydrogen-bond donors (Lipinski definition) is 1. The highest BCUT2D eigenvalue weighted by molar-refractivity contribution is 7.98. The van der Waals surface area contributed by atoms with Crippen LogP contribution in [0.2, 0.25) is 0 Å². The van der Waals surface area contributed by atoms with Crippen molar-refractivity contribution in [2.75, 3.05) is 17.3 Å². The minimum Gasteiger partial charge on any atom is -0.324 e. The Kier molecular flexibility index (Phi) is 5.78. The number of nitrogens with zero attached hydrogens (tertiary/aromatic N) is 1. The molecule has 1 saturated heterocycles. The predicted octanol–water partition coefficient (Wildman–Crippen LogP) is 2.92. The molecule has 0 bridgehead atoms. The number of rotatable bonds is 6. The zero-order valence-electron chi connectivity index (χ0n) is 14.4. The third-order valence-electron chi connectivity index (χ3n) is 5.13. The number of carbonyl (C=O) groups is 3. The van der Waals surface area contributed by atoms with Crippen LogP contribution in [0.4, 0.5) is 5.69 Å². The summed E-state index contributed by atoms with van der Waals surface area (Å²) >= 11 is 1.61. The highest BCUT2D eigenvalue weighted by Crippen LogP contribution is 2.39. The van der Waals surface area contributed by atoms with Gasteiger partial charge in [0.2, 0.25) is 17.7 Å². The van der Waals surface area contributed by atoms with Crippen molar-refractivity contribution < 1.29 is 14.4 Å². The Hall–Kier alpha value is -1.82. The standard InChI is InChI=1S/C19H24N2O3S/c1-25-12-11-16(17(22)20-13-7-3-2-4-8-13)21-18(23)14-9-5-6-10-15(14)19(21)24/h2-4,7-8,14-16H,5-6,9-12H2,1H3,(H,20,22)/t14-,15-,16+/m0/s1. The predicted molar refractivity (Wildman–Crippen MR) is 99.2 cm³/mol. The van der Waals surface area contributed by atoms with Crippen LogP contribution >= 0.6 is 11.8 Å². The van der Waals surface area contributed by atoms with Crippen LogP contribution in [0.15, 0.2) is 30.3 Å². The Balaban J connectivity index is 1.81. The van der Waals surface area contributed by atoms with Gasteiger partial charge in [0.15, 0.2) is 0 Å². The SMILES string of the molecule is CSCC[C@H](C(=O)Nc1ccccc1)N1C(=O)[C@H]2CCCC[C@@H]2C1=O. The molecule has 2 aliphatic rings. The zero-order valence-corrected chi connectivity index (χ0v) is 15.3. The number of amides is 3. The minimum atomic E-state index is -0.724. The molecule has 1 N–H and O–H groups in total. The maximum atomic E-state index is 12.8. The Bertz CT molecular complexity index is 625. The number of imide groups is 1. The topological polar surface area (TPSA) is 66.5 Å². The van der Waals surface area contributed by atoms with E-state index in [4.69, 9.17) is 0 Å². The Morgan fingerprint density at radius 2 is 1.76 bits per heavy atom. The van der Waals surface area contributed by atoms with Crippen molar-refractivity contribution in [3.8, 4) is 0 Å². The third-order valence-corrected chi connectivity index (χ3v) is 5.77. The number of thioether (sulfide) groups is 1. The lowest BCUT2D eigenvalue weighted by Gasteiger charge is -2.25. The Labute approximate surface area is 152 Å². The summed E-state index contributed by atoms with van der Waals surface area (Å²) in [5, 5.41) is 2.86. The number of nitrogens with one attached hydrogen (secondary N) is 1. The van der Waals surface area contributed by atoms with Gasteiger partial charge in [-0.3, -0.25) is 19.3 Å². The van der Waals surface area contributed by atoms with E-state index in [1.165, 1.54) is 4.90 Å². The molecule has 2 fully saturated rings. The summed E-state index contributed by atoms with van der Waals surface area (Å²) in [5.74, 6) is -0.294. The first-order valence-electron chi connectivity index (χ1n) is 8.85. The van der Waals surface area contributed by atoms with Crippen LogP contribution < -0.4 is 5.32 Å². The molecule has 3 rings (SSSR count). The van der Waals surface area contributed by atoms with E-state index in [-0.39, 0.29) is 29.6 Å². The van der Waals surface area contributed by atoms with Crippen molar-refractivity contribution in [2.45, 2.75) is 38.1 Å². The van der Waals surface area contributed by atoms with Crippen molar-refractivity contribution >= 4 is 35.2 Å². The van der Waals surface area contributed by atoms with Gasteiger partial charge < -0.3 is 5.32 Å². The minimum absolute atomic E-state index is 0.149. The van der Waals surface area contributed by atoms with Crippen molar-refractivity contribution in [1.29, 1.82) is 0 Å². The van der Waals surface area contributed by atoms with E-state index >= 15 is 0 Å². The maximum absolute atomic E-state index is 12.8. The van der Waals surface area contributed by atoms with Crippen LogP contribution in [0, 0.1) is 11.8 Å². The molecule has 5 nitrogen and oxygen atoms in total. The molecule has 1 aliphatic carbocycles. The number of carbonyl (C=O) groups excluding carboxylic acids is 3. The first-order valence-corrected chi connectivity index (χ1v) is 10.2. The molecule has 1 aliphatic heterocycles. The molecule has 0 radical (unpaired) electrons. The summed E-state index contributed by atoms with van der Waals surface area (Å²) in [4.78, 5) is 39.8. The van der Waals surface area contributed by atoms with Crippen molar-refractivity contribution in [3.63, 3.8) is 0 Å². The van der Waals surface area contributed by atoms with Crippen molar-refractivity contribution in [3.05, 3.63) is 30.3 Å². The maximum Gasteiger partial charge on any atom is 0.247 e. The molecule has 1 saturated carbocycles. The monoisotopic (exact) mass is 360 g/mol. The third kappa shape index (κ3) is 3.73. The van der Waals surface area contributed by atoms with Gasteiger partial charge in [0.25, 0.3) is 0 Å². The van der Waals surface area contributed by atoms with E-state index in [0.717, 1.165) is 31.4 Å². The van der Waals surface area contributed by atoms with Gasteiger partial charge >= 0.3 is 0 Å². The van der Waals surface area contributed by atoms with Crippen LogP contribution in [0.1, 0.15) is 32.1 Å². The van der Waals surface area contributed by atoms with Gasteiger partial charge in [-0.15, -0.1) is 0 Å². The molecular weight excluding hydrogens is 336 g/mol. The van der Waals surface area contributed by atoms with Crippen LogP contribution in [-0.2, 0) is 14.4 Å². The summed E-state index contributed by atoms with van der Waals surface area (Å²) in [6.45, 7) is 0. The number of likely N-dealkylation sites (tertiary alicyclic amines) is 1. The molecule has 1 aromatic carbocycles. The summed E-state index contributed by atoms with van der Waals surface area (Å²) in [5.41, 5.74) is 0.679. The molecule has 3 amide bonds. The van der Waals surface area contributed by atoms with Crippen molar-refractivity contribution in [1.82, 2.24) is 4.90 Å². The average molecular weight is 360 g/mol. The molecule has 0 unspecified atom stereocenters. The highest BCUT2D eigenvalue weighted by atomic mass is 32.2. The smallest absolute Gasteiger partial charge is 0.247 e. The normalized spacial score (nSPS) is 24.1. The summed E-state index contributed by atoms with van der Waals surface area (Å²) in [6, 6.07) is 8.44. The molecule has 0 spiro atoms. The molecular formula is C19H24N2O3S. The fraction of sp³-hybridized carbons (Fsp3) is 0.526. The number of para-hydroxylation sites is 1. The Morgan fingerprint density at radius 3 is 2.32 bits per heavy atom. The quantitative estimate of drug-likeness (QED) is 0.792. The number of fused-ring (bicyclic) bond motifs is 1.